The predicted molar refractivity (Wildman–Crippen MR) is 106 cm³/mol. The minimum atomic E-state index is -0.259. The highest BCUT2D eigenvalue weighted by Gasteiger charge is 2.23. The van der Waals surface area contributed by atoms with Crippen LogP contribution in [0, 0.1) is 0 Å². The van der Waals surface area contributed by atoms with Crippen LogP contribution < -0.4 is 0 Å². The van der Waals surface area contributed by atoms with Crippen molar-refractivity contribution < 1.29 is 33.3 Å². The lowest BCUT2D eigenvalue weighted by Crippen LogP contribution is -2.27. The maximum absolute atomic E-state index is 11.0. The average molecular weight is 399 g/mol. The number of hydrogen-bond donors (Lipinski definition) is 0. The second-order valence-corrected chi connectivity index (χ2v) is 5.47. The minimum Gasteiger partial charge on any atom is -0.382 e. The van der Waals surface area contributed by atoms with E-state index in [1.165, 1.54) is 12.2 Å². The summed E-state index contributed by atoms with van der Waals surface area (Å²) >= 11 is 0. The molecule has 0 radical (unpaired) electrons. The highest BCUT2D eigenvalue weighted by Crippen LogP contribution is 2.10. The number of hydrogen-bond acceptors (Lipinski definition) is 7. The van der Waals surface area contributed by atoms with Crippen LogP contribution >= 0.6 is 0 Å². The predicted octanol–water partition coefficient (Wildman–Crippen LogP) is 1.72. The lowest BCUT2D eigenvalue weighted by Gasteiger charge is -2.12. The SMILES string of the molecule is C/C=C(\C)N1C(=O)C=CC1=O.C=CCOCCOCCOCCOCCOC. The molecule has 1 aliphatic heterocycles. The summed E-state index contributed by atoms with van der Waals surface area (Å²) in [7, 11) is 1.65. The normalized spacial score (nSPS) is 13.7. The van der Waals surface area contributed by atoms with E-state index >= 15 is 0 Å². The number of methoxy groups -OCH3 is 1. The van der Waals surface area contributed by atoms with E-state index in [1.54, 1.807) is 33.1 Å². The molecule has 0 saturated carbocycles. The molecule has 2 amide bonds. The fourth-order valence-corrected chi connectivity index (χ4v) is 1.85. The molecule has 0 fully saturated rings. The maximum atomic E-state index is 11.0. The van der Waals surface area contributed by atoms with E-state index in [4.69, 9.17) is 23.7 Å². The Morgan fingerprint density at radius 2 is 1.32 bits per heavy atom. The van der Waals surface area contributed by atoms with Gasteiger partial charge in [-0.05, 0) is 13.8 Å². The summed E-state index contributed by atoms with van der Waals surface area (Å²) in [5.74, 6) is -0.517. The summed E-state index contributed by atoms with van der Waals surface area (Å²) < 4.78 is 25.8. The summed E-state index contributed by atoms with van der Waals surface area (Å²) in [5.41, 5.74) is 0.671. The molecular weight excluding hydrogens is 366 g/mol. The molecule has 0 bridgehead atoms. The first-order valence-corrected chi connectivity index (χ1v) is 9.18. The van der Waals surface area contributed by atoms with Crippen molar-refractivity contribution in [3.8, 4) is 0 Å². The summed E-state index contributed by atoms with van der Waals surface area (Å²) in [5, 5.41) is 0. The Balaban J connectivity index is 0.000000567. The third-order valence-electron chi connectivity index (χ3n) is 3.36. The van der Waals surface area contributed by atoms with E-state index < -0.39 is 0 Å². The largest absolute Gasteiger partial charge is 0.382 e. The zero-order valence-electron chi connectivity index (χ0n) is 17.2. The molecule has 160 valence electrons. The summed E-state index contributed by atoms with van der Waals surface area (Å²) in [6.45, 7) is 12.4. The van der Waals surface area contributed by atoms with E-state index in [0.29, 0.717) is 65.2 Å². The first-order valence-electron chi connectivity index (χ1n) is 9.18. The Hall–Kier alpha value is -1.84. The van der Waals surface area contributed by atoms with Crippen LogP contribution in [0.2, 0.25) is 0 Å². The Bertz CT molecular complexity index is 485. The standard InChI is InChI=1S/C12H24O5.C8H9NO2/c1-3-4-14-7-8-16-11-12-17-10-9-15-6-5-13-2;1-3-6(2)9-7(10)4-5-8(9)11/h3H,1,4-12H2,2H3;3-5H,1-2H3/b;6-3+. The van der Waals surface area contributed by atoms with Gasteiger partial charge in [-0.3, -0.25) is 9.59 Å². The van der Waals surface area contributed by atoms with Crippen molar-refractivity contribution in [1.82, 2.24) is 4.90 Å². The topological polar surface area (TPSA) is 83.5 Å². The van der Waals surface area contributed by atoms with Gasteiger partial charge in [0.1, 0.15) is 0 Å². The molecule has 0 atom stereocenters. The fourth-order valence-electron chi connectivity index (χ4n) is 1.85. The molecular formula is C20H33NO7. The molecule has 0 aliphatic carbocycles. The Morgan fingerprint density at radius 1 is 0.893 bits per heavy atom. The second-order valence-electron chi connectivity index (χ2n) is 5.47. The third-order valence-corrected chi connectivity index (χ3v) is 3.36. The van der Waals surface area contributed by atoms with Crippen LogP contribution in [0.3, 0.4) is 0 Å². The maximum Gasteiger partial charge on any atom is 0.257 e. The van der Waals surface area contributed by atoms with Gasteiger partial charge in [0.05, 0.1) is 59.5 Å². The molecule has 0 unspecified atom stereocenters. The van der Waals surface area contributed by atoms with Gasteiger partial charge >= 0.3 is 0 Å². The van der Waals surface area contributed by atoms with Crippen molar-refractivity contribution in [3.63, 3.8) is 0 Å². The van der Waals surface area contributed by atoms with Crippen molar-refractivity contribution in [3.05, 3.63) is 36.6 Å². The number of nitrogens with zero attached hydrogens (tertiary/aromatic N) is 1. The van der Waals surface area contributed by atoms with E-state index in [-0.39, 0.29) is 11.8 Å². The van der Waals surface area contributed by atoms with Crippen LogP contribution in [0.4, 0.5) is 0 Å². The van der Waals surface area contributed by atoms with Crippen molar-refractivity contribution in [2.24, 2.45) is 0 Å². The van der Waals surface area contributed by atoms with Gasteiger partial charge in [-0.1, -0.05) is 12.2 Å². The van der Waals surface area contributed by atoms with Gasteiger partial charge in [-0.25, -0.2) is 4.90 Å². The lowest BCUT2D eigenvalue weighted by molar-refractivity contribution is -0.134. The molecule has 28 heavy (non-hydrogen) atoms. The van der Waals surface area contributed by atoms with E-state index in [1.807, 2.05) is 0 Å². The number of ether oxygens (including phenoxy) is 5. The van der Waals surface area contributed by atoms with Crippen LogP contribution in [0.15, 0.2) is 36.6 Å². The molecule has 0 aromatic carbocycles. The van der Waals surface area contributed by atoms with Crippen LogP contribution in [0.1, 0.15) is 13.8 Å². The van der Waals surface area contributed by atoms with E-state index in [9.17, 15) is 9.59 Å². The van der Waals surface area contributed by atoms with Gasteiger partial charge in [-0.2, -0.15) is 0 Å². The molecule has 1 rings (SSSR count). The summed E-state index contributed by atoms with van der Waals surface area (Å²) in [4.78, 5) is 23.1. The van der Waals surface area contributed by atoms with Gasteiger partial charge in [0.25, 0.3) is 11.8 Å². The van der Waals surface area contributed by atoms with Crippen LogP contribution in [-0.2, 0) is 33.3 Å². The lowest BCUT2D eigenvalue weighted by atomic mass is 10.4. The van der Waals surface area contributed by atoms with Gasteiger partial charge in [0.2, 0.25) is 0 Å². The van der Waals surface area contributed by atoms with Crippen molar-refractivity contribution in [2.45, 2.75) is 13.8 Å². The quantitative estimate of drug-likeness (QED) is 0.235. The zero-order valence-corrected chi connectivity index (χ0v) is 17.2. The summed E-state index contributed by atoms with van der Waals surface area (Å²) in [6, 6.07) is 0. The molecule has 1 heterocycles. The zero-order chi connectivity index (χ0) is 21.0. The second kappa shape index (κ2) is 18.5. The Kier molecular flexibility index (Phi) is 17.3. The minimum absolute atomic E-state index is 0.259. The van der Waals surface area contributed by atoms with Crippen molar-refractivity contribution in [1.29, 1.82) is 0 Å². The summed E-state index contributed by atoms with van der Waals surface area (Å²) in [6.07, 6.45) is 5.99. The van der Waals surface area contributed by atoms with Crippen LogP contribution in [0.25, 0.3) is 0 Å². The van der Waals surface area contributed by atoms with Gasteiger partial charge < -0.3 is 23.7 Å². The number of carbonyl (C=O) groups excluding carboxylic acids is 2. The number of rotatable bonds is 15. The number of carbonyl (C=O) groups is 2. The van der Waals surface area contributed by atoms with Gasteiger partial charge in [-0.15, -0.1) is 6.58 Å². The Morgan fingerprint density at radius 3 is 1.71 bits per heavy atom. The third kappa shape index (κ3) is 13.3. The Labute approximate surface area is 167 Å². The smallest absolute Gasteiger partial charge is 0.257 e. The first-order chi connectivity index (χ1) is 13.6. The van der Waals surface area contributed by atoms with Crippen molar-refractivity contribution in [2.75, 3.05) is 66.6 Å². The number of imide groups is 1. The molecule has 0 saturated heterocycles. The fraction of sp³-hybridized carbons (Fsp3) is 0.600. The molecule has 8 heteroatoms. The molecule has 0 spiro atoms. The van der Waals surface area contributed by atoms with Gasteiger partial charge in [0, 0.05) is 25.0 Å². The monoisotopic (exact) mass is 399 g/mol. The molecule has 0 N–H and O–H groups in total. The highest BCUT2D eigenvalue weighted by atomic mass is 16.6. The molecule has 1 aliphatic rings. The van der Waals surface area contributed by atoms with Crippen LogP contribution in [0.5, 0.6) is 0 Å². The van der Waals surface area contributed by atoms with E-state index in [2.05, 4.69) is 6.58 Å². The number of amides is 2. The number of allylic oxidation sites excluding steroid dienone is 2. The first kappa shape index (κ1) is 26.2. The van der Waals surface area contributed by atoms with Gasteiger partial charge in [0.15, 0.2) is 0 Å². The van der Waals surface area contributed by atoms with Crippen LogP contribution in [-0.4, -0.2) is 83.3 Å². The molecule has 0 aromatic heterocycles. The molecule has 0 aromatic rings. The van der Waals surface area contributed by atoms with E-state index in [0.717, 1.165) is 4.90 Å². The van der Waals surface area contributed by atoms with Crippen molar-refractivity contribution >= 4 is 11.8 Å². The highest BCUT2D eigenvalue weighted by molar-refractivity contribution is 6.14. The average Bonchev–Trinajstić information content (AvgIpc) is 3.03. The molecule has 8 nitrogen and oxygen atoms in total.